The van der Waals surface area contributed by atoms with Gasteiger partial charge in [-0.15, -0.1) is 0 Å². The molecule has 0 spiro atoms. The Hall–Kier alpha value is -0.930. The predicted octanol–water partition coefficient (Wildman–Crippen LogP) is 2.37. The van der Waals surface area contributed by atoms with Gasteiger partial charge >= 0.3 is 0 Å². The molecular formula is C15H22N2O. The second kappa shape index (κ2) is 4.63. The highest BCUT2D eigenvalue weighted by atomic mass is 16.5. The molecule has 3 unspecified atom stereocenters. The van der Waals surface area contributed by atoms with Crippen LogP contribution in [0.2, 0.25) is 0 Å². The molecule has 1 aromatic rings. The number of fused-ring (bicyclic) bond motifs is 1. The van der Waals surface area contributed by atoms with E-state index in [0.29, 0.717) is 18.1 Å². The highest BCUT2D eigenvalue weighted by Crippen LogP contribution is 2.51. The molecule has 1 N–H and O–H groups in total. The second-order valence-corrected chi connectivity index (χ2v) is 6.10. The highest BCUT2D eigenvalue weighted by Gasteiger charge is 2.57. The van der Waals surface area contributed by atoms with Crippen molar-refractivity contribution in [3.8, 4) is 0 Å². The number of aromatic nitrogens is 1. The molecule has 0 radical (unpaired) electrons. The van der Waals surface area contributed by atoms with Crippen molar-refractivity contribution < 1.29 is 4.74 Å². The maximum absolute atomic E-state index is 5.92. The van der Waals surface area contributed by atoms with E-state index in [9.17, 15) is 0 Å². The first-order chi connectivity index (χ1) is 8.69. The predicted molar refractivity (Wildman–Crippen MR) is 71.1 cm³/mol. The maximum Gasteiger partial charge on any atom is 0.0684 e. The zero-order valence-corrected chi connectivity index (χ0v) is 11.2. The first-order valence-electron chi connectivity index (χ1n) is 6.94. The Morgan fingerprint density at radius 2 is 2.33 bits per heavy atom. The van der Waals surface area contributed by atoms with Gasteiger partial charge in [-0.3, -0.25) is 4.98 Å². The van der Waals surface area contributed by atoms with Crippen LogP contribution in [0.3, 0.4) is 0 Å². The largest absolute Gasteiger partial charge is 0.377 e. The van der Waals surface area contributed by atoms with Gasteiger partial charge in [0.1, 0.15) is 0 Å². The van der Waals surface area contributed by atoms with Gasteiger partial charge in [-0.25, -0.2) is 0 Å². The summed E-state index contributed by atoms with van der Waals surface area (Å²) in [4.78, 5) is 4.37. The van der Waals surface area contributed by atoms with Crippen LogP contribution >= 0.6 is 0 Å². The van der Waals surface area contributed by atoms with Crippen LogP contribution in [-0.4, -0.2) is 23.7 Å². The first-order valence-corrected chi connectivity index (χ1v) is 6.94. The molecular weight excluding hydrogens is 224 g/mol. The zero-order chi connectivity index (χ0) is 12.6. The van der Waals surface area contributed by atoms with Crippen molar-refractivity contribution in [3.63, 3.8) is 0 Å². The lowest BCUT2D eigenvalue weighted by molar-refractivity contribution is -0.193. The summed E-state index contributed by atoms with van der Waals surface area (Å²) in [5, 5.41) is 3.68. The molecule has 98 valence electrons. The van der Waals surface area contributed by atoms with Crippen LogP contribution in [0, 0.1) is 11.3 Å². The Kier molecular flexibility index (Phi) is 3.12. The van der Waals surface area contributed by atoms with Crippen molar-refractivity contribution in [3.05, 3.63) is 30.1 Å². The number of hydrogen-bond acceptors (Lipinski definition) is 3. The number of nitrogens with one attached hydrogen (secondary N) is 1. The van der Waals surface area contributed by atoms with Crippen LogP contribution in [-0.2, 0) is 11.3 Å². The van der Waals surface area contributed by atoms with Gasteiger partial charge in [-0.1, -0.05) is 19.9 Å². The van der Waals surface area contributed by atoms with E-state index < -0.39 is 0 Å². The molecule has 1 saturated carbocycles. The van der Waals surface area contributed by atoms with Crippen molar-refractivity contribution in [1.82, 2.24) is 10.3 Å². The minimum Gasteiger partial charge on any atom is -0.377 e. The molecule has 2 fully saturated rings. The average Bonchev–Trinajstić information content (AvgIpc) is 2.40. The van der Waals surface area contributed by atoms with Gasteiger partial charge in [0, 0.05) is 36.7 Å². The third-order valence-corrected chi connectivity index (χ3v) is 4.56. The normalized spacial score (nSPS) is 33.6. The minimum atomic E-state index is 0.250. The van der Waals surface area contributed by atoms with Crippen LogP contribution in [0.25, 0.3) is 0 Å². The molecule has 0 aromatic carbocycles. The fourth-order valence-corrected chi connectivity index (χ4v) is 3.65. The van der Waals surface area contributed by atoms with Crippen molar-refractivity contribution >= 4 is 0 Å². The number of rotatable bonds is 3. The molecule has 0 bridgehead atoms. The standard InChI is InChI=1S/C15H22N2O/c1-15(2)13(12-7-5-9-18-14(12)15)17-10-11-6-3-4-8-16-11/h3-4,6,8,12-14,17H,5,7,9-10H2,1-2H3. The molecule has 1 aromatic heterocycles. The third-order valence-electron chi connectivity index (χ3n) is 4.56. The fourth-order valence-electron chi connectivity index (χ4n) is 3.65. The van der Waals surface area contributed by atoms with Gasteiger partial charge in [0.15, 0.2) is 0 Å². The smallest absolute Gasteiger partial charge is 0.0684 e. The Balaban J connectivity index is 1.62. The first kappa shape index (κ1) is 12.1. The van der Waals surface area contributed by atoms with Gasteiger partial charge < -0.3 is 10.1 Å². The summed E-state index contributed by atoms with van der Waals surface area (Å²) in [6.45, 7) is 6.43. The molecule has 0 amide bonds. The number of ether oxygens (including phenoxy) is 1. The number of hydrogen-bond donors (Lipinski definition) is 1. The van der Waals surface area contributed by atoms with Crippen LogP contribution < -0.4 is 5.32 Å². The summed E-state index contributed by atoms with van der Waals surface area (Å²) < 4.78 is 5.92. The van der Waals surface area contributed by atoms with Crippen molar-refractivity contribution in [2.75, 3.05) is 6.61 Å². The lowest BCUT2D eigenvalue weighted by Gasteiger charge is -2.60. The lowest BCUT2D eigenvalue weighted by atomic mass is 9.55. The Bertz CT molecular complexity index is 404. The molecule has 18 heavy (non-hydrogen) atoms. The summed E-state index contributed by atoms with van der Waals surface area (Å²) in [7, 11) is 0. The number of nitrogens with zero attached hydrogens (tertiary/aromatic N) is 1. The molecule has 2 heterocycles. The Morgan fingerprint density at radius 1 is 1.44 bits per heavy atom. The van der Waals surface area contributed by atoms with Crippen molar-refractivity contribution in [2.45, 2.75) is 45.4 Å². The highest BCUT2D eigenvalue weighted by molar-refractivity contribution is 5.11. The van der Waals surface area contributed by atoms with Gasteiger partial charge in [0.05, 0.1) is 11.8 Å². The van der Waals surface area contributed by atoms with Crippen LogP contribution in [0.15, 0.2) is 24.4 Å². The lowest BCUT2D eigenvalue weighted by Crippen LogP contribution is -2.69. The SMILES string of the molecule is CC1(C)C(NCc2ccccn2)C2CCCOC21. The molecule has 1 aliphatic heterocycles. The summed E-state index contributed by atoms with van der Waals surface area (Å²) >= 11 is 0. The average molecular weight is 246 g/mol. The summed E-state index contributed by atoms with van der Waals surface area (Å²) in [5.74, 6) is 0.692. The molecule has 2 aliphatic rings. The molecule has 3 heteroatoms. The van der Waals surface area contributed by atoms with Crippen molar-refractivity contribution in [2.24, 2.45) is 11.3 Å². The monoisotopic (exact) mass is 246 g/mol. The number of pyridine rings is 1. The van der Waals surface area contributed by atoms with E-state index in [0.717, 1.165) is 18.8 Å². The molecule has 1 aliphatic carbocycles. The van der Waals surface area contributed by atoms with Gasteiger partial charge in [-0.05, 0) is 25.0 Å². The van der Waals surface area contributed by atoms with Crippen LogP contribution in [0.4, 0.5) is 0 Å². The third kappa shape index (κ3) is 1.95. The summed E-state index contributed by atoms with van der Waals surface area (Å²) in [6.07, 6.45) is 4.81. The van der Waals surface area contributed by atoms with E-state index in [1.807, 2.05) is 18.3 Å². The van der Waals surface area contributed by atoms with E-state index in [-0.39, 0.29) is 5.41 Å². The zero-order valence-electron chi connectivity index (χ0n) is 11.2. The van der Waals surface area contributed by atoms with Gasteiger partial charge in [-0.2, -0.15) is 0 Å². The summed E-state index contributed by atoms with van der Waals surface area (Å²) in [5.41, 5.74) is 1.37. The fraction of sp³-hybridized carbons (Fsp3) is 0.667. The van der Waals surface area contributed by atoms with E-state index in [1.165, 1.54) is 12.8 Å². The summed E-state index contributed by atoms with van der Waals surface area (Å²) in [6, 6.07) is 6.64. The molecule has 3 atom stereocenters. The second-order valence-electron chi connectivity index (χ2n) is 6.10. The van der Waals surface area contributed by atoms with Crippen LogP contribution in [0.5, 0.6) is 0 Å². The van der Waals surface area contributed by atoms with Crippen LogP contribution in [0.1, 0.15) is 32.4 Å². The molecule has 1 saturated heterocycles. The van der Waals surface area contributed by atoms with E-state index in [2.05, 4.69) is 30.2 Å². The quantitative estimate of drug-likeness (QED) is 0.889. The minimum absolute atomic E-state index is 0.250. The molecule has 3 nitrogen and oxygen atoms in total. The Labute approximate surface area is 109 Å². The molecule has 3 rings (SSSR count). The van der Waals surface area contributed by atoms with Crippen molar-refractivity contribution in [1.29, 1.82) is 0 Å². The Morgan fingerprint density at radius 3 is 3.11 bits per heavy atom. The van der Waals surface area contributed by atoms with Gasteiger partial charge in [0.2, 0.25) is 0 Å². The maximum atomic E-state index is 5.92. The van der Waals surface area contributed by atoms with E-state index in [1.54, 1.807) is 0 Å². The van der Waals surface area contributed by atoms with E-state index in [4.69, 9.17) is 4.74 Å². The van der Waals surface area contributed by atoms with E-state index >= 15 is 0 Å². The van der Waals surface area contributed by atoms with Gasteiger partial charge in [0.25, 0.3) is 0 Å². The topological polar surface area (TPSA) is 34.2 Å².